The van der Waals surface area contributed by atoms with E-state index in [9.17, 15) is 0 Å². The predicted molar refractivity (Wildman–Crippen MR) is 61.5 cm³/mol. The Morgan fingerprint density at radius 2 is 1.94 bits per heavy atom. The summed E-state index contributed by atoms with van der Waals surface area (Å²) in [5.41, 5.74) is 3.30. The Kier molecular flexibility index (Phi) is 5.07. The van der Waals surface area contributed by atoms with Gasteiger partial charge in [-0.1, -0.05) is 30.3 Å². The van der Waals surface area contributed by atoms with E-state index in [4.69, 9.17) is 9.59 Å². The summed E-state index contributed by atoms with van der Waals surface area (Å²) in [5, 5.41) is 10.2. The van der Waals surface area contributed by atoms with E-state index in [2.05, 4.69) is 34.5 Å². The van der Waals surface area contributed by atoms with Gasteiger partial charge >= 0.3 is 6.15 Å². The molecule has 0 bridgehead atoms. The SMILES string of the molecule is Cc1ccccc1C=Cc1cn[nH]n1.O=C=O. The second-order valence-electron chi connectivity index (χ2n) is 3.17. The molecule has 0 saturated carbocycles. The van der Waals surface area contributed by atoms with Gasteiger partial charge in [0.05, 0.1) is 6.20 Å². The first-order valence-corrected chi connectivity index (χ1v) is 4.86. The van der Waals surface area contributed by atoms with E-state index in [-0.39, 0.29) is 6.15 Å². The highest BCUT2D eigenvalue weighted by Gasteiger charge is 1.92. The summed E-state index contributed by atoms with van der Waals surface area (Å²) in [6, 6.07) is 8.21. The van der Waals surface area contributed by atoms with Crippen LogP contribution in [0.1, 0.15) is 16.8 Å². The van der Waals surface area contributed by atoms with Crippen molar-refractivity contribution in [3.8, 4) is 0 Å². The number of aromatic amines is 1. The zero-order valence-corrected chi connectivity index (χ0v) is 9.25. The Hall–Kier alpha value is -2.52. The minimum Gasteiger partial charge on any atom is -0.197 e. The highest BCUT2D eigenvalue weighted by Crippen LogP contribution is 2.10. The number of nitrogens with zero attached hydrogens (tertiary/aromatic N) is 2. The van der Waals surface area contributed by atoms with E-state index in [1.807, 2.05) is 24.3 Å². The van der Waals surface area contributed by atoms with Gasteiger partial charge < -0.3 is 0 Å². The third-order valence-electron chi connectivity index (χ3n) is 2.06. The molecule has 0 amide bonds. The molecule has 0 saturated heterocycles. The molecule has 0 aliphatic heterocycles. The van der Waals surface area contributed by atoms with Gasteiger partial charge in [-0.25, -0.2) is 0 Å². The van der Waals surface area contributed by atoms with Crippen LogP contribution in [0.5, 0.6) is 0 Å². The molecule has 17 heavy (non-hydrogen) atoms. The maximum Gasteiger partial charge on any atom is 0.373 e. The number of benzene rings is 1. The van der Waals surface area contributed by atoms with Crippen molar-refractivity contribution in [2.24, 2.45) is 0 Å². The van der Waals surface area contributed by atoms with Crippen LogP contribution in [0.4, 0.5) is 0 Å². The number of aromatic nitrogens is 3. The van der Waals surface area contributed by atoms with E-state index in [1.54, 1.807) is 6.20 Å². The molecule has 1 heterocycles. The van der Waals surface area contributed by atoms with Gasteiger partial charge in [-0.05, 0) is 24.1 Å². The zero-order chi connectivity index (χ0) is 12.5. The second kappa shape index (κ2) is 6.87. The van der Waals surface area contributed by atoms with Crippen LogP contribution in [-0.2, 0) is 9.59 Å². The maximum absolute atomic E-state index is 8.12. The summed E-state index contributed by atoms with van der Waals surface area (Å²) in [5.74, 6) is 0. The number of nitrogens with one attached hydrogen (secondary N) is 1. The van der Waals surface area contributed by atoms with Crippen LogP contribution >= 0.6 is 0 Å². The second-order valence-corrected chi connectivity index (χ2v) is 3.17. The molecule has 0 unspecified atom stereocenters. The molecule has 1 aromatic carbocycles. The molecule has 0 aliphatic carbocycles. The van der Waals surface area contributed by atoms with Crippen LogP contribution in [0.25, 0.3) is 12.2 Å². The van der Waals surface area contributed by atoms with Crippen LogP contribution in [0, 0.1) is 6.92 Å². The van der Waals surface area contributed by atoms with Crippen molar-refractivity contribution in [2.75, 3.05) is 0 Å². The van der Waals surface area contributed by atoms with Gasteiger partial charge in [0.1, 0.15) is 5.69 Å². The van der Waals surface area contributed by atoms with E-state index >= 15 is 0 Å². The minimum absolute atomic E-state index is 0.250. The van der Waals surface area contributed by atoms with Crippen molar-refractivity contribution in [3.63, 3.8) is 0 Å². The Morgan fingerprint density at radius 1 is 1.24 bits per heavy atom. The Morgan fingerprint density at radius 3 is 2.53 bits per heavy atom. The maximum atomic E-state index is 8.12. The summed E-state index contributed by atoms with van der Waals surface area (Å²) in [6.07, 6.45) is 5.91. The molecule has 1 N–H and O–H groups in total. The molecule has 0 atom stereocenters. The van der Waals surface area contributed by atoms with E-state index in [0.29, 0.717) is 0 Å². The van der Waals surface area contributed by atoms with Crippen LogP contribution in [0.15, 0.2) is 30.5 Å². The number of carbonyl (C=O) groups excluding carboxylic acids is 2. The summed E-state index contributed by atoms with van der Waals surface area (Å²) in [4.78, 5) is 16.2. The summed E-state index contributed by atoms with van der Waals surface area (Å²) in [7, 11) is 0. The minimum atomic E-state index is 0.250. The topological polar surface area (TPSA) is 75.7 Å². The average molecular weight is 229 g/mol. The van der Waals surface area contributed by atoms with Crippen molar-refractivity contribution >= 4 is 18.3 Å². The lowest BCUT2D eigenvalue weighted by molar-refractivity contribution is -0.191. The molecule has 0 spiro atoms. The molecule has 0 radical (unpaired) electrons. The van der Waals surface area contributed by atoms with Crippen LogP contribution in [-0.4, -0.2) is 21.6 Å². The van der Waals surface area contributed by atoms with Gasteiger partial charge in [-0.2, -0.15) is 25.0 Å². The number of H-pyrrole nitrogens is 1. The monoisotopic (exact) mass is 229 g/mol. The van der Waals surface area contributed by atoms with Crippen LogP contribution in [0.2, 0.25) is 0 Å². The summed E-state index contributed by atoms with van der Waals surface area (Å²) < 4.78 is 0. The van der Waals surface area contributed by atoms with Crippen LogP contribution < -0.4 is 0 Å². The highest BCUT2D eigenvalue weighted by atomic mass is 16.2. The quantitative estimate of drug-likeness (QED) is 0.850. The third-order valence-corrected chi connectivity index (χ3v) is 2.06. The van der Waals surface area contributed by atoms with Gasteiger partial charge in [0.25, 0.3) is 0 Å². The first-order valence-electron chi connectivity index (χ1n) is 4.86. The molecule has 0 aliphatic rings. The standard InChI is InChI=1S/C11H11N3.CO2/c1-9-4-2-3-5-10(9)6-7-11-8-12-14-13-11;2-1-3/h2-8H,1H3,(H,12,13,14);. The fraction of sp³-hybridized carbons (Fsp3) is 0.0833. The molecule has 2 rings (SSSR count). The van der Waals surface area contributed by atoms with Crippen LogP contribution in [0.3, 0.4) is 0 Å². The lowest BCUT2D eigenvalue weighted by Crippen LogP contribution is -1.78. The van der Waals surface area contributed by atoms with E-state index < -0.39 is 0 Å². The predicted octanol–water partition coefficient (Wildman–Crippen LogP) is 1.70. The van der Waals surface area contributed by atoms with Crippen molar-refractivity contribution < 1.29 is 9.59 Å². The molecule has 1 aromatic heterocycles. The molecular weight excluding hydrogens is 218 g/mol. The molecular formula is C12H11N3O2. The average Bonchev–Trinajstić information content (AvgIpc) is 2.82. The van der Waals surface area contributed by atoms with Crippen molar-refractivity contribution in [1.29, 1.82) is 0 Å². The van der Waals surface area contributed by atoms with Gasteiger partial charge in [0.15, 0.2) is 0 Å². The first kappa shape index (κ1) is 12.5. The van der Waals surface area contributed by atoms with Crippen molar-refractivity contribution in [1.82, 2.24) is 15.4 Å². The molecule has 5 heteroatoms. The molecule has 0 fully saturated rings. The fourth-order valence-electron chi connectivity index (χ4n) is 1.24. The Labute approximate surface area is 98.2 Å². The zero-order valence-electron chi connectivity index (χ0n) is 9.25. The van der Waals surface area contributed by atoms with Gasteiger partial charge in [0.2, 0.25) is 0 Å². The lowest BCUT2D eigenvalue weighted by atomic mass is 10.1. The summed E-state index contributed by atoms with van der Waals surface area (Å²) >= 11 is 0. The molecule has 86 valence electrons. The van der Waals surface area contributed by atoms with E-state index in [0.717, 1.165) is 5.69 Å². The largest absolute Gasteiger partial charge is 0.373 e. The lowest BCUT2D eigenvalue weighted by Gasteiger charge is -1.96. The van der Waals surface area contributed by atoms with Crippen molar-refractivity contribution in [3.05, 3.63) is 47.3 Å². The molecule has 5 nitrogen and oxygen atoms in total. The van der Waals surface area contributed by atoms with Gasteiger partial charge in [-0.3, -0.25) is 0 Å². The third kappa shape index (κ3) is 4.24. The smallest absolute Gasteiger partial charge is 0.197 e. The number of rotatable bonds is 2. The highest BCUT2D eigenvalue weighted by molar-refractivity contribution is 5.69. The molecule has 2 aromatic rings. The Bertz CT molecular complexity index is 512. The normalized spacial score (nSPS) is 9.47. The van der Waals surface area contributed by atoms with Gasteiger partial charge in [0, 0.05) is 0 Å². The van der Waals surface area contributed by atoms with Crippen molar-refractivity contribution in [2.45, 2.75) is 6.92 Å². The summed E-state index contributed by atoms with van der Waals surface area (Å²) in [6.45, 7) is 2.09. The number of aryl methyl sites for hydroxylation is 1. The fourth-order valence-corrected chi connectivity index (χ4v) is 1.24. The number of hydrogen-bond donors (Lipinski definition) is 1. The first-order chi connectivity index (χ1) is 8.27. The van der Waals surface area contributed by atoms with E-state index in [1.165, 1.54) is 11.1 Å². The Balaban J connectivity index is 0.000000437. The number of hydrogen-bond acceptors (Lipinski definition) is 4. The van der Waals surface area contributed by atoms with Gasteiger partial charge in [-0.15, -0.1) is 0 Å².